The van der Waals surface area contributed by atoms with Crippen molar-refractivity contribution in [1.82, 2.24) is 4.72 Å². The number of rotatable bonds is 3. The molecule has 1 N–H and O–H groups in total. The van der Waals surface area contributed by atoms with Gasteiger partial charge in [0.05, 0.1) is 10.4 Å². The molecule has 6 heteroatoms. The first-order valence-electron chi connectivity index (χ1n) is 4.65. The maximum Gasteiger partial charge on any atom is 0.242 e. The topological polar surface area (TPSA) is 46.2 Å². The van der Waals surface area contributed by atoms with E-state index in [0.29, 0.717) is 0 Å². The normalized spacial score (nSPS) is 12.2. The highest BCUT2D eigenvalue weighted by atomic mass is 79.9. The highest BCUT2D eigenvalue weighted by Gasteiger charge is 2.25. The van der Waals surface area contributed by atoms with Gasteiger partial charge in [-0.1, -0.05) is 5.92 Å². The quantitative estimate of drug-likeness (QED) is 0.869. The van der Waals surface area contributed by atoms with Gasteiger partial charge in [0.25, 0.3) is 0 Å². The van der Waals surface area contributed by atoms with Crippen LogP contribution in [0.3, 0.4) is 0 Å². The third-order valence-electron chi connectivity index (χ3n) is 1.93. The van der Waals surface area contributed by atoms with Gasteiger partial charge in [0.2, 0.25) is 10.0 Å². The Hall–Kier alpha value is -0.900. The van der Waals surface area contributed by atoms with Crippen molar-refractivity contribution in [3.8, 4) is 12.3 Å². The van der Waals surface area contributed by atoms with Gasteiger partial charge in [-0.05, 0) is 48.0 Å². The molecule has 0 aliphatic carbocycles. The predicted molar refractivity (Wildman–Crippen MR) is 67.3 cm³/mol. The summed E-state index contributed by atoms with van der Waals surface area (Å²) in [5.41, 5.74) is -1.01. The highest BCUT2D eigenvalue weighted by Crippen LogP contribution is 2.23. The predicted octanol–water partition coefficient (Wildman–Crippen LogP) is 2.28. The van der Waals surface area contributed by atoms with E-state index in [1.54, 1.807) is 13.8 Å². The van der Waals surface area contributed by atoms with Crippen LogP contribution in [-0.2, 0) is 10.0 Å². The molecule has 0 bridgehead atoms. The summed E-state index contributed by atoms with van der Waals surface area (Å²) < 4.78 is 39.3. The molecular weight excluding hydrogens is 309 g/mol. The summed E-state index contributed by atoms with van der Waals surface area (Å²) in [6.07, 6.45) is 5.21. The van der Waals surface area contributed by atoms with Gasteiger partial charge >= 0.3 is 0 Å². The van der Waals surface area contributed by atoms with Gasteiger partial charge in [-0.25, -0.2) is 12.8 Å². The van der Waals surface area contributed by atoms with E-state index in [9.17, 15) is 12.8 Å². The van der Waals surface area contributed by atoms with Crippen LogP contribution in [0.5, 0.6) is 0 Å². The first-order chi connectivity index (χ1) is 7.68. The van der Waals surface area contributed by atoms with E-state index < -0.39 is 21.4 Å². The van der Waals surface area contributed by atoms with Crippen LogP contribution >= 0.6 is 15.9 Å². The Labute approximate surface area is 109 Å². The van der Waals surface area contributed by atoms with Crippen molar-refractivity contribution in [2.45, 2.75) is 24.3 Å². The average Bonchev–Trinajstić information content (AvgIpc) is 2.15. The number of hydrogen-bond donors (Lipinski definition) is 1. The average molecular weight is 320 g/mol. The molecule has 92 valence electrons. The van der Waals surface area contributed by atoms with E-state index in [4.69, 9.17) is 6.42 Å². The van der Waals surface area contributed by atoms with Gasteiger partial charge in [0, 0.05) is 4.47 Å². The molecule has 1 aromatic rings. The van der Waals surface area contributed by atoms with Crippen LogP contribution < -0.4 is 4.72 Å². The van der Waals surface area contributed by atoms with Gasteiger partial charge < -0.3 is 0 Å². The molecule has 0 saturated carbocycles. The largest absolute Gasteiger partial charge is 0.242 e. The second-order valence-electron chi connectivity index (χ2n) is 3.95. The molecule has 0 unspecified atom stereocenters. The second-order valence-corrected chi connectivity index (χ2v) is 6.45. The Morgan fingerprint density at radius 1 is 1.47 bits per heavy atom. The van der Waals surface area contributed by atoms with Crippen LogP contribution in [0.1, 0.15) is 13.8 Å². The lowest BCUT2D eigenvalue weighted by atomic mass is 10.1. The Kier molecular flexibility index (Phi) is 3.97. The molecule has 0 aliphatic heterocycles. The second kappa shape index (κ2) is 4.77. The Balaban J connectivity index is 3.20. The van der Waals surface area contributed by atoms with E-state index in [-0.39, 0.29) is 9.37 Å². The van der Waals surface area contributed by atoms with Crippen molar-refractivity contribution in [2.75, 3.05) is 0 Å². The zero-order chi connectivity index (χ0) is 13.3. The maximum absolute atomic E-state index is 12.9. The lowest BCUT2D eigenvalue weighted by molar-refractivity contribution is 0.538. The molecule has 0 saturated heterocycles. The summed E-state index contributed by atoms with van der Waals surface area (Å²) in [4.78, 5) is -0.0535. The van der Waals surface area contributed by atoms with Crippen LogP contribution in [-0.4, -0.2) is 14.0 Å². The zero-order valence-electron chi connectivity index (χ0n) is 9.29. The van der Waals surface area contributed by atoms with E-state index in [0.717, 1.165) is 12.1 Å². The number of hydrogen-bond acceptors (Lipinski definition) is 2. The van der Waals surface area contributed by atoms with E-state index >= 15 is 0 Å². The van der Waals surface area contributed by atoms with Gasteiger partial charge in [-0.2, -0.15) is 4.72 Å². The van der Waals surface area contributed by atoms with Crippen LogP contribution in [0.2, 0.25) is 0 Å². The molecule has 0 aliphatic rings. The van der Waals surface area contributed by atoms with Gasteiger partial charge in [-0.3, -0.25) is 0 Å². The SMILES string of the molecule is C#CC(C)(C)NS(=O)(=O)c1ccc(F)cc1Br. The third-order valence-corrected chi connectivity index (χ3v) is 4.57. The smallest absolute Gasteiger partial charge is 0.207 e. The van der Waals surface area contributed by atoms with E-state index in [2.05, 4.69) is 26.6 Å². The van der Waals surface area contributed by atoms with Crippen molar-refractivity contribution in [3.63, 3.8) is 0 Å². The van der Waals surface area contributed by atoms with Gasteiger partial charge in [0.1, 0.15) is 5.82 Å². The first-order valence-corrected chi connectivity index (χ1v) is 6.92. The summed E-state index contributed by atoms with van der Waals surface area (Å²) in [5.74, 6) is 1.80. The lowest BCUT2D eigenvalue weighted by Gasteiger charge is -2.19. The molecule has 1 aromatic carbocycles. The molecule has 0 fully saturated rings. The Morgan fingerprint density at radius 3 is 2.53 bits per heavy atom. The summed E-state index contributed by atoms with van der Waals surface area (Å²) in [6.45, 7) is 3.12. The molecule has 0 atom stereocenters. The van der Waals surface area contributed by atoms with Crippen LogP contribution in [0.15, 0.2) is 27.6 Å². The molecule has 0 amide bonds. The fourth-order valence-corrected chi connectivity index (χ4v) is 3.51. The number of terminal acetylenes is 1. The van der Waals surface area contributed by atoms with Crippen molar-refractivity contribution in [1.29, 1.82) is 0 Å². The Bertz CT molecular complexity index is 576. The van der Waals surface area contributed by atoms with Gasteiger partial charge in [0.15, 0.2) is 0 Å². The monoisotopic (exact) mass is 319 g/mol. The summed E-state index contributed by atoms with van der Waals surface area (Å²) >= 11 is 3.00. The van der Waals surface area contributed by atoms with Crippen LogP contribution in [0.25, 0.3) is 0 Å². The Morgan fingerprint density at radius 2 is 2.06 bits per heavy atom. The summed E-state index contributed by atoms with van der Waals surface area (Å²) in [5, 5.41) is 0. The fourth-order valence-electron chi connectivity index (χ4n) is 1.11. The molecule has 1 rings (SSSR count). The zero-order valence-corrected chi connectivity index (χ0v) is 11.7. The molecule has 0 spiro atoms. The van der Waals surface area contributed by atoms with E-state index in [1.165, 1.54) is 6.07 Å². The van der Waals surface area contributed by atoms with Crippen molar-refractivity contribution in [3.05, 3.63) is 28.5 Å². The third kappa shape index (κ3) is 3.53. The summed E-state index contributed by atoms with van der Waals surface area (Å²) in [7, 11) is -3.78. The minimum atomic E-state index is -3.78. The van der Waals surface area contributed by atoms with Gasteiger partial charge in [-0.15, -0.1) is 6.42 Å². The highest BCUT2D eigenvalue weighted by molar-refractivity contribution is 9.10. The summed E-state index contributed by atoms with van der Waals surface area (Å²) in [6, 6.07) is 3.33. The minimum Gasteiger partial charge on any atom is -0.207 e. The van der Waals surface area contributed by atoms with Crippen LogP contribution in [0.4, 0.5) is 4.39 Å². The lowest BCUT2D eigenvalue weighted by Crippen LogP contribution is -2.42. The number of halogens is 2. The number of nitrogens with one attached hydrogen (secondary N) is 1. The molecule has 0 aromatic heterocycles. The molecular formula is C11H11BrFNO2S. The van der Waals surface area contributed by atoms with Crippen molar-refractivity contribution >= 4 is 26.0 Å². The minimum absolute atomic E-state index is 0.0535. The van der Waals surface area contributed by atoms with E-state index in [1.807, 2.05) is 0 Å². The fraction of sp³-hybridized carbons (Fsp3) is 0.273. The van der Waals surface area contributed by atoms with Crippen LogP contribution in [0, 0.1) is 18.2 Å². The standard InChI is InChI=1S/C11H11BrFNO2S/c1-4-11(2,3)14-17(15,16)10-6-5-8(13)7-9(10)12/h1,5-7,14H,2-3H3. The molecule has 0 heterocycles. The van der Waals surface area contributed by atoms with Crippen molar-refractivity contribution < 1.29 is 12.8 Å². The first kappa shape index (κ1) is 14.2. The molecule has 0 radical (unpaired) electrons. The molecule has 17 heavy (non-hydrogen) atoms. The van der Waals surface area contributed by atoms with Crippen molar-refractivity contribution in [2.24, 2.45) is 0 Å². The number of benzene rings is 1. The molecule has 3 nitrogen and oxygen atoms in total. The maximum atomic E-state index is 12.9. The number of sulfonamides is 1.